The molecule has 1 fully saturated rings. The first-order valence-corrected chi connectivity index (χ1v) is 10.2. The number of hydrogen-bond donors (Lipinski definition) is 1. The molecule has 144 valence electrons. The summed E-state index contributed by atoms with van der Waals surface area (Å²) in [5, 5.41) is 0. The first-order chi connectivity index (χ1) is 13.5. The van der Waals surface area contributed by atoms with E-state index in [1.54, 1.807) is 4.90 Å². The van der Waals surface area contributed by atoms with Crippen LogP contribution in [0.1, 0.15) is 54.7 Å². The molecular formula is C23H25N3O2. The quantitative estimate of drug-likeness (QED) is 0.894. The molecule has 1 aromatic carbocycles. The van der Waals surface area contributed by atoms with Crippen LogP contribution in [0.25, 0.3) is 11.1 Å². The van der Waals surface area contributed by atoms with Crippen molar-refractivity contribution in [2.75, 3.05) is 11.9 Å². The first kappa shape index (κ1) is 17.4. The fourth-order valence-corrected chi connectivity index (χ4v) is 5.27. The van der Waals surface area contributed by atoms with Crippen molar-refractivity contribution in [3.05, 3.63) is 47.3 Å². The number of rotatable bonds is 3. The Bertz CT molecular complexity index is 993. The summed E-state index contributed by atoms with van der Waals surface area (Å²) < 4.78 is 0. The molecule has 1 saturated carbocycles. The van der Waals surface area contributed by atoms with Crippen molar-refractivity contribution in [1.29, 1.82) is 0 Å². The van der Waals surface area contributed by atoms with Crippen LogP contribution in [0.2, 0.25) is 0 Å². The summed E-state index contributed by atoms with van der Waals surface area (Å²) in [7, 11) is 1.84. The fourth-order valence-electron chi connectivity index (χ4n) is 5.27. The Hall–Kier alpha value is -2.69. The Morgan fingerprint density at radius 1 is 1.21 bits per heavy atom. The Morgan fingerprint density at radius 2 is 2.04 bits per heavy atom. The normalized spacial score (nSPS) is 22.4. The van der Waals surface area contributed by atoms with Crippen LogP contribution in [0.4, 0.5) is 5.69 Å². The van der Waals surface area contributed by atoms with Crippen molar-refractivity contribution < 1.29 is 9.59 Å². The van der Waals surface area contributed by atoms with E-state index in [-0.39, 0.29) is 23.1 Å². The monoisotopic (exact) mass is 375 g/mol. The molecule has 28 heavy (non-hydrogen) atoms. The van der Waals surface area contributed by atoms with E-state index in [9.17, 15) is 9.59 Å². The molecule has 0 saturated heterocycles. The van der Waals surface area contributed by atoms with Gasteiger partial charge < -0.3 is 10.6 Å². The molecule has 1 atom stereocenters. The minimum Gasteiger partial charge on any atom is -0.369 e. The lowest BCUT2D eigenvalue weighted by Crippen LogP contribution is -2.32. The van der Waals surface area contributed by atoms with E-state index in [0.29, 0.717) is 6.42 Å². The average Bonchev–Trinajstić information content (AvgIpc) is 3.52. The molecule has 0 spiro atoms. The number of nitrogens with zero attached hydrogens (tertiary/aromatic N) is 2. The molecule has 5 nitrogen and oxygen atoms in total. The predicted molar refractivity (Wildman–Crippen MR) is 108 cm³/mol. The summed E-state index contributed by atoms with van der Waals surface area (Å²) in [6.45, 7) is 0. The van der Waals surface area contributed by atoms with E-state index in [4.69, 9.17) is 5.73 Å². The zero-order chi connectivity index (χ0) is 19.5. The van der Waals surface area contributed by atoms with E-state index in [1.165, 1.54) is 16.7 Å². The van der Waals surface area contributed by atoms with E-state index < -0.39 is 0 Å². The summed E-state index contributed by atoms with van der Waals surface area (Å²) in [6.07, 6.45) is 10.1. The van der Waals surface area contributed by atoms with E-state index in [2.05, 4.69) is 17.1 Å². The smallest absolute Gasteiger partial charge is 0.227 e. The maximum absolute atomic E-state index is 12.1. The van der Waals surface area contributed by atoms with Gasteiger partial charge in [0.15, 0.2) is 0 Å². The highest BCUT2D eigenvalue weighted by Gasteiger charge is 2.55. The van der Waals surface area contributed by atoms with Gasteiger partial charge >= 0.3 is 0 Å². The number of primary amides is 1. The van der Waals surface area contributed by atoms with Gasteiger partial charge in [0.1, 0.15) is 0 Å². The molecule has 3 aliphatic rings. The van der Waals surface area contributed by atoms with Crippen LogP contribution < -0.4 is 10.6 Å². The maximum Gasteiger partial charge on any atom is 0.227 e. The Labute approximate surface area is 164 Å². The number of carbonyl (C=O) groups excluding carboxylic acids is 2. The van der Waals surface area contributed by atoms with Gasteiger partial charge in [0.25, 0.3) is 0 Å². The Morgan fingerprint density at radius 3 is 2.79 bits per heavy atom. The second-order valence-electron chi connectivity index (χ2n) is 8.52. The van der Waals surface area contributed by atoms with Crippen LogP contribution in [0.5, 0.6) is 0 Å². The van der Waals surface area contributed by atoms with Gasteiger partial charge in [-0.25, -0.2) is 0 Å². The summed E-state index contributed by atoms with van der Waals surface area (Å²) in [5.74, 6) is 0.211. The molecule has 0 bridgehead atoms. The van der Waals surface area contributed by atoms with Crippen molar-refractivity contribution in [2.24, 2.45) is 11.1 Å². The second kappa shape index (κ2) is 6.16. The van der Waals surface area contributed by atoms with Crippen molar-refractivity contribution in [1.82, 2.24) is 4.98 Å². The molecule has 1 aromatic heterocycles. The molecule has 2 N–H and O–H groups in total. The largest absolute Gasteiger partial charge is 0.369 e. The third kappa shape index (κ3) is 2.49. The number of nitrogens with two attached hydrogens (primary N) is 1. The highest BCUT2D eigenvalue weighted by Crippen LogP contribution is 2.59. The average molecular weight is 375 g/mol. The zero-order valence-electron chi connectivity index (χ0n) is 16.2. The van der Waals surface area contributed by atoms with Crippen LogP contribution in [0.15, 0.2) is 30.6 Å². The van der Waals surface area contributed by atoms with Crippen molar-refractivity contribution in [2.45, 2.75) is 50.9 Å². The lowest BCUT2D eigenvalue weighted by molar-refractivity contribution is -0.124. The van der Waals surface area contributed by atoms with Gasteiger partial charge in [-0.1, -0.05) is 6.07 Å². The highest BCUT2D eigenvalue weighted by atomic mass is 16.2. The van der Waals surface area contributed by atoms with Crippen LogP contribution in [0, 0.1) is 5.41 Å². The molecule has 2 aliphatic carbocycles. The predicted octanol–water partition coefficient (Wildman–Crippen LogP) is 3.34. The molecule has 0 unspecified atom stereocenters. The molecule has 1 aliphatic heterocycles. The number of amides is 2. The number of anilines is 1. The van der Waals surface area contributed by atoms with Gasteiger partial charge in [0.2, 0.25) is 11.8 Å². The van der Waals surface area contributed by atoms with Crippen molar-refractivity contribution >= 4 is 17.5 Å². The van der Waals surface area contributed by atoms with E-state index in [1.807, 2.05) is 25.5 Å². The summed E-state index contributed by atoms with van der Waals surface area (Å²) >= 11 is 0. The summed E-state index contributed by atoms with van der Waals surface area (Å²) in [4.78, 5) is 30.4. The van der Waals surface area contributed by atoms with Gasteiger partial charge in [-0.05, 0) is 72.9 Å². The SMILES string of the molecule is CN1C(=O)CCc2cc(-c3cncc4c3CCC[C@H]4C3(C(N)=O)CC3)ccc21. The minimum atomic E-state index is -0.353. The second-order valence-corrected chi connectivity index (χ2v) is 8.52. The Kier molecular flexibility index (Phi) is 3.83. The highest BCUT2D eigenvalue weighted by molar-refractivity contribution is 5.96. The number of hydrogen-bond acceptors (Lipinski definition) is 3. The van der Waals surface area contributed by atoms with Crippen LogP contribution in [0.3, 0.4) is 0 Å². The number of benzene rings is 1. The summed E-state index contributed by atoms with van der Waals surface area (Å²) in [5.41, 5.74) is 12.5. The van der Waals surface area contributed by atoms with Crippen LogP contribution >= 0.6 is 0 Å². The number of aryl methyl sites for hydroxylation is 1. The van der Waals surface area contributed by atoms with Gasteiger partial charge in [0.05, 0.1) is 5.41 Å². The molecule has 2 aromatic rings. The fraction of sp³-hybridized carbons (Fsp3) is 0.435. The number of fused-ring (bicyclic) bond motifs is 2. The molecular weight excluding hydrogens is 350 g/mol. The number of carbonyl (C=O) groups is 2. The van der Waals surface area contributed by atoms with Crippen LogP contribution in [-0.4, -0.2) is 23.8 Å². The number of aromatic nitrogens is 1. The van der Waals surface area contributed by atoms with Gasteiger partial charge in [0, 0.05) is 43.0 Å². The van der Waals surface area contributed by atoms with Gasteiger partial charge in [-0.15, -0.1) is 0 Å². The van der Waals surface area contributed by atoms with Crippen molar-refractivity contribution in [3.63, 3.8) is 0 Å². The lowest BCUT2D eigenvalue weighted by atomic mass is 9.72. The molecule has 2 heterocycles. The van der Waals surface area contributed by atoms with Gasteiger partial charge in [-0.2, -0.15) is 0 Å². The van der Waals surface area contributed by atoms with Crippen LogP contribution in [-0.2, 0) is 22.4 Å². The van der Waals surface area contributed by atoms with E-state index in [0.717, 1.165) is 55.3 Å². The van der Waals surface area contributed by atoms with Crippen molar-refractivity contribution in [3.8, 4) is 11.1 Å². The third-order valence-corrected chi connectivity index (χ3v) is 7.07. The maximum atomic E-state index is 12.1. The standard InChI is InChI=1S/C23H25N3O2/c1-26-20-7-5-14(11-15(20)6-8-21(26)27)17-12-25-13-18-16(17)3-2-4-19(18)23(9-10-23)22(24)28/h5,7,11-13,19H,2-4,6,8-10H2,1H3,(H2,24,28)/t19-/m1/s1. The summed E-state index contributed by atoms with van der Waals surface area (Å²) in [6, 6.07) is 6.35. The lowest BCUT2D eigenvalue weighted by Gasteiger charge is -2.32. The molecule has 5 heteroatoms. The molecule has 0 radical (unpaired) electrons. The minimum absolute atomic E-state index is 0.155. The molecule has 5 rings (SSSR count). The topological polar surface area (TPSA) is 76.3 Å². The number of pyridine rings is 1. The van der Waals surface area contributed by atoms with E-state index >= 15 is 0 Å². The Balaban J connectivity index is 1.58. The molecule has 2 amide bonds. The van der Waals surface area contributed by atoms with Gasteiger partial charge in [-0.3, -0.25) is 14.6 Å². The third-order valence-electron chi connectivity index (χ3n) is 7.07. The first-order valence-electron chi connectivity index (χ1n) is 10.2. The zero-order valence-corrected chi connectivity index (χ0v) is 16.2.